The molecule has 8 heteroatoms. The van der Waals surface area contributed by atoms with E-state index in [1.807, 2.05) is 0 Å². The highest BCUT2D eigenvalue weighted by Gasteiger charge is 2.29. The van der Waals surface area contributed by atoms with Crippen LogP contribution in [0.15, 0.2) is 30.0 Å². The van der Waals surface area contributed by atoms with Crippen molar-refractivity contribution in [3.05, 3.63) is 40.1 Å². The topological polar surface area (TPSA) is 18.5 Å². The van der Waals surface area contributed by atoms with Crippen molar-refractivity contribution in [3.8, 4) is 23.0 Å². The van der Waals surface area contributed by atoms with Crippen LogP contribution in [0.2, 0.25) is 10.0 Å². The lowest BCUT2D eigenvalue weighted by molar-refractivity contribution is 0.357. The zero-order valence-corrected chi connectivity index (χ0v) is 17.1. The molecule has 20 heavy (non-hydrogen) atoms. The molecule has 2 aromatic carbocycles. The molecule has 0 bridgehead atoms. The van der Waals surface area contributed by atoms with Crippen molar-refractivity contribution in [1.82, 2.24) is 0 Å². The molecule has 0 amide bonds. The van der Waals surface area contributed by atoms with E-state index in [1.165, 1.54) is 0 Å². The Balaban J connectivity index is 2.24. The van der Waals surface area contributed by atoms with Crippen LogP contribution < -0.4 is 9.47 Å². The maximum atomic E-state index is 6.27. The predicted octanol–water partition coefficient (Wildman–Crippen LogP) is 7.94. The fourth-order valence-electron chi connectivity index (χ4n) is 1.68. The summed E-state index contributed by atoms with van der Waals surface area (Å²) in [5, 5.41) is 0.860. The number of hydrogen-bond acceptors (Lipinski definition) is 2. The summed E-state index contributed by atoms with van der Waals surface area (Å²) in [7, 11) is 0. The highest BCUT2D eigenvalue weighted by atomic mass is 79.9. The van der Waals surface area contributed by atoms with Gasteiger partial charge in [-0.2, -0.15) is 0 Å². The minimum atomic E-state index is 0.419. The van der Waals surface area contributed by atoms with E-state index < -0.39 is 0 Å². The van der Waals surface area contributed by atoms with Crippen LogP contribution in [0.1, 0.15) is 0 Å². The zero-order chi connectivity index (χ0) is 14.6. The van der Waals surface area contributed by atoms with E-state index in [0.29, 0.717) is 42.0 Å². The Kier molecular flexibility index (Phi) is 4.35. The maximum Gasteiger partial charge on any atom is 0.189 e. The first-order chi connectivity index (χ1) is 9.40. The van der Waals surface area contributed by atoms with Gasteiger partial charge in [0, 0.05) is 15.0 Å². The molecule has 0 spiro atoms. The molecule has 0 fully saturated rings. The Bertz CT molecular complexity index is 749. The van der Waals surface area contributed by atoms with Crippen LogP contribution in [0.3, 0.4) is 0 Å². The molecule has 1 aliphatic heterocycles. The molecule has 104 valence electrons. The van der Waals surface area contributed by atoms with Crippen molar-refractivity contribution in [2.24, 2.45) is 0 Å². The van der Waals surface area contributed by atoms with Crippen LogP contribution in [0, 0.1) is 0 Å². The van der Waals surface area contributed by atoms with E-state index >= 15 is 0 Å². The van der Waals surface area contributed by atoms with Gasteiger partial charge in [-0.15, -0.1) is 0 Å². The van der Waals surface area contributed by atoms with Gasteiger partial charge in [0.15, 0.2) is 23.0 Å². The van der Waals surface area contributed by atoms with Gasteiger partial charge in [0.25, 0.3) is 0 Å². The molecule has 0 saturated heterocycles. The van der Waals surface area contributed by atoms with Crippen molar-refractivity contribution in [3.63, 3.8) is 0 Å². The number of rotatable bonds is 0. The van der Waals surface area contributed by atoms with E-state index in [-0.39, 0.29) is 0 Å². The number of halogens is 6. The molecular weight excluding hydrogens is 567 g/mol. The highest BCUT2D eigenvalue weighted by Crippen LogP contribution is 2.57. The minimum Gasteiger partial charge on any atom is -0.448 e. The van der Waals surface area contributed by atoms with Gasteiger partial charge in [-0.3, -0.25) is 0 Å². The van der Waals surface area contributed by atoms with Gasteiger partial charge in [-0.1, -0.05) is 23.2 Å². The van der Waals surface area contributed by atoms with Gasteiger partial charge in [0.05, 0.1) is 14.0 Å². The lowest BCUT2D eigenvalue weighted by Gasteiger charge is -2.24. The number of hydrogen-bond donors (Lipinski definition) is 0. The van der Waals surface area contributed by atoms with Crippen LogP contribution in [-0.2, 0) is 0 Å². The van der Waals surface area contributed by atoms with Gasteiger partial charge in [0.2, 0.25) is 0 Å². The smallest absolute Gasteiger partial charge is 0.189 e. The molecule has 0 aromatic heterocycles. The monoisotopic (exact) mass is 564 g/mol. The number of fused-ring (bicyclic) bond motifs is 2. The molecule has 0 aliphatic carbocycles. The molecule has 2 nitrogen and oxygen atoms in total. The van der Waals surface area contributed by atoms with Crippen molar-refractivity contribution >= 4 is 86.9 Å². The second-order valence-electron chi connectivity index (χ2n) is 3.83. The van der Waals surface area contributed by atoms with Crippen molar-refractivity contribution < 1.29 is 9.47 Å². The molecule has 1 aliphatic rings. The molecule has 0 radical (unpaired) electrons. The van der Waals surface area contributed by atoms with Crippen LogP contribution in [0.25, 0.3) is 0 Å². The molecular formula is C12H2Br4Cl2O2. The highest BCUT2D eigenvalue weighted by molar-refractivity contribution is 9.13. The predicted molar refractivity (Wildman–Crippen MR) is 93.9 cm³/mol. The van der Waals surface area contributed by atoms with Gasteiger partial charge in [-0.25, -0.2) is 0 Å². The largest absolute Gasteiger partial charge is 0.448 e. The average Bonchev–Trinajstić information content (AvgIpc) is 2.41. The molecule has 2 aromatic rings. The van der Waals surface area contributed by atoms with Gasteiger partial charge in [0.1, 0.15) is 5.02 Å². The van der Waals surface area contributed by atoms with Crippen molar-refractivity contribution in [1.29, 1.82) is 0 Å². The molecule has 0 atom stereocenters. The van der Waals surface area contributed by atoms with Gasteiger partial charge in [-0.05, 0) is 69.8 Å². The summed E-state index contributed by atoms with van der Waals surface area (Å²) in [6, 6.07) is 3.49. The molecule has 1 heterocycles. The van der Waals surface area contributed by atoms with E-state index in [0.717, 1.165) is 8.95 Å². The second kappa shape index (κ2) is 5.63. The van der Waals surface area contributed by atoms with E-state index in [4.69, 9.17) is 32.7 Å². The minimum absolute atomic E-state index is 0.419. The first-order valence-corrected chi connectivity index (χ1v) is 9.03. The quantitative estimate of drug-likeness (QED) is 0.203. The average molecular weight is 569 g/mol. The normalized spacial score (nSPS) is 12.3. The molecule has 0 N–H and O–H groups in total. The third-order valence-corrected chi connectivity index (χ3v) is 7.38. The van der Waals surface area contributed by atoms with Gasteiger partial charge >= 0.3 is 0 Å². The third-order valence-electron chi connectivity index (χ3n) is 2.59. The van der Waals surface area contributed by atoms with Crippen LogP contribution in [-0.4, -0.2) is 0 Å². The van der Waals surface area contributed by atoms with E-state index in [2.05, 4.69) is 63.7 Å². The summed E-state index contributed by atoms with van der Waals surface area (Å²) in [6.07, 6.45) is 0. The fourth-order valence-corrected chi connectivity index (χ4v) is 3.88. The number of benzene rings is 2. The van der Waals surface area contributed by atoms with Gasteiger partial charge < -0.3 is 9.47 Å². The summed E-state index contributed by atoms with van der Waals surface area (Å²) in [4.78, 5) is 0. The fraction of sp³-hybridized carbons (Fsp3) is 0. The standard InChI is InChI=1S/C12H2Br4Cl2O2/c13-3-1-5(17)10-12(8(3)16)20-11-6(19-10)2-4(14)7(15)9(11)18/h1-2H. The summed E-state index contributed by atoms with van der Waals surface area (Å²) >= 11 is 26.1. The van der Waals surface area contributed by atoms with Crippen molar-refractivity contribution in [2.75, 3.05) is 0 Å². The number of ether oxygens (including phenoxy) is 2. The molecule has 0 saturated carbocycles. The Morgan fingerprint density at radius 2 is 1.40 bits per heavy atom. The first kappa shape index (κ1) is 15.4. The SMILES string of the molecule is Clc1cc(Br)c(Br)c2c1Oc1cc(Br)c(Br)c(Cl)c1O2. The van der Waals surface area contributed by atoms with Crippen molar-refractivity contribution in [2.45, 2.75) is 0 Å². The first-order valence-electron chi connectivity index (χ1n) is 5.11. The van der Waals surface area contributed by atoms with Crippen LogP contribution >= 0.6 is 86.9 Å². The zero-order valence-electron chi connectivity index (χ0n) is 9.24. The van der Waals surface area contributed by atoms with E-state index in [9.17, 15) is 0 Å². The van der Waals surface area contributed by atoms with Crippen LogP contribution in [0.5, 0.6) is 23.0 Å². The second-order valence-corrected chi connectivity index (χ2v) is 7.91. The Labute approximate surface area is 158 Å². The van der Waals surface area contributed by atoms with Crippen LogP contribution in [0.4, 0.5) is 0 Å². The summed E-state index contributed by atoms with van der Waals surface area (Å²) in [5.41, 5.74) is 0. The third kappa shape index (κ3) is 2.42. The summed E-state index contributed by atoms with van der Waals surface area (Å²) in [5.74, 6) is 1.85. The summed E-state index contributed by atoms with van der Waals surface area (Å²) in [6.45, 7) is 0. The van der Waals surface area contributed by atoms with E-state index in [1.54, 1.807) is 12.1 Å². The Hall–Kier alpha value is 0.540. The lowest BCUT2D eigenvalue weighted by atomic mass is 10.2. The lowest BCUT2D eigenvalue weighted by Crippen LogP contribution is -2.02. The summed E-state index contributed by atoms with van der Waals surface area (Å²) < 4.78 is 14.6. The maximum absolute atomic E-state index is 6.27. The Morgan fingerprint density at radius 3 is 2.10 bits per heavy atom. The molecule has 3 rings (SSSR count). The Morgan fingerprint density at radius 1 is 0.750 bits per heavy atom. The molecule has 0 unspecified atom stereocenters.